The average molecular weight is 303 g/mol. The molecular formula is C16H21N3OS. The van der Waals surface area contributed by atoms with E-state index in [2.05, 4.69) is 40.9 Å². The fraction of sp³-hybridized carbons (Fsp3) is 0.375. The maximum Gasteiger partial charge on any atom is 0.269 e. The van der Waals surface area contributed by atoms with Crippen molar-refractivity contribution in [1.82, 2.24) is 10.3 Å². The van der Waals surface area contributed by atoms with E-state index in [9.17, 15) is 4.79 Å². The first-order chi connectivity index (χ1) is 10.0. The summed E-state index contributed by atoms with van der Waals surface area (Å²) in [7, 11) is 0. The average Bonchev–Trinajstić information content (AvgIpc) is 3.01. The van der Waals surface area contributed by atoms with Gasteiger partial charge in [0.2, 0.25) is 0 Å². The molecular weight excluding hydrogens is 282 g/mol. The zero-order valence-corrected chi connectivity index (χ0v) is 13.5. The first-order valence-electron chi connectivity index (χ1n) is 7.05. The molecule has 0 saturated heterocycles. The van der Waals surface area contributed by atoms with Gasteiger partial charge in [0.25, 0.3) is 5.91 Å². The van der Waals surface area contributed by atoms with Crippen LogP contribution in [0.1, 0.15) is 36.1 Å². The van der Waals surface area contributed by atoms with Crippen LogP contribution >= 0.6 is 11.3 Å². The number of nitrogens with one attached hydrogen (secondary N) is 2. The number of nitrogens with zero attached hydrogens (tertiary/aromatic N) is 1. The predicted molar refractivity (Wildman–Crippen MR) is 88.1 cm³/mol. The number of aromatic nitrogens is 1. The molecule has 0 radical (unpaired) electrons. The number of hydrogen-bond donors (Lipinski definition) is 2. The molecule has 0 bridgehead atoms. The van der Waals surface area contributed by atoms with Crippen molar-refractivity contribution in [3.05, 3.63) is 46.4 Å². The smallest absolute Gasteiger partial charge is 0.269 e. The Hall–Kier alpha value is -1.88. The molecule has 2 aromatic heterocycles. The topological polar surface area (TPSA) is 54.0 Å². The van der Waals surface area contributed by atoms with Gasteiger partial charge >= 0.3 is 0 Å². The molecule has 112 valence electrons. The zero-order chi connectivity index (χ0) is 15.3. The molecule has 4 nitrogen and oxygen atoms in total. The monoisotopic (exact) mass is 303 g/mol. The number of anilines is 1. The highest BCUT2D eigenvalue weighted by Gasteiger charge is 2.22. The van der Waals surface area contributed by atoms with Crippen LogP contribution in [0.5, 0.6) is 0 Å². The maximum absolute atomic E-state index is 12.1. The third-order valence-corrected chi connectivity index (χ3v) is 4.49. The van der Waals surface area contributed by atoms with Gasteiger partial charge in [-0.15, -0.1) is 11.3 Å². The van der Waals surface area contributed by atoms with E-state index in [0.717, 1.165) is 12.2 Å². The summed E-state index contributed by atoms with van der Waals surface area (Å²) in [5.41, 5.74) is 1.29. The van der Waals surface area contributed by atoms with Gasteiger partial charge in [-0.25, -0.2) is 4.98 Å². The van der Waals surface area contributed by atoms with Crippen LogP contribution in [0.3, 0.4) is 0 Å². The third kappa shape index (κ3) is 4.04. The highest BCUT2D eigenvalue weighted by atomic mass is 32.1. The van der Waals surface area contributed by atoms with Gasteiger partial charge in [0.05, 0.1) is 11.9 Å². The molecule has 0 aliphatic heterocycles. The Kier molecular flexibility index (Phi) is 4.96. The van der Waals surface area contributed by atoms with Crippen molar-refractivity contribution in [2.75, 3.05) is 18.4 Å². The van der Waals surface area contributed by atoms with E-state index in [1.807, 2.05) is 19.1 Å². The molecule has 0 aliphatic rings. The Labute approximate surface area is 129 Å². The third-order valence-electron chi connectivity index (χ3n) is 3.26. The second kappa shape index (κ2) is 6.72. The summed E-state index contributed by atoms with van der Waals surface area (Å²) >= 11 is 1.71. The van der Waals surface area contributed by atoms with Crippen molar-refractivity contribution in [3.8, 4) is 0 Å². The molecule has 2 rings (SSSR count). The molecule has 2 aromatic rings. The molecule has 2 heterocycles. The number of amides is 1. The van der Waals surface area contributed by atoms with Gasteiger partial charge < -0.3 is 10.6 Å². The van der Waals surface area contributed by atoms with Crippen LogP contribution in [0, 0.1) is 0 Å². The van der Waals surface area contributed by atoms with Gasteiger partial charge in [0.1, 0.15) is 5.69 Å². The summed E-state index contributed by atoms with van der Waals surface area (Å²) in [6.07, 6.45) is 1.68. The standard InChI is InChI=1S/C16H21N3OS/c1-4-17-12-7-8-13(18-10-12)15(20)19-11-16(2,3)14-6-5-9-21-14/h5-10,17H,4,11H2,1-3H3,(H,19,20). The number of thiophene rings is 1. The number of hydrogen-bond acceptors (Lipinski definition) is 4. The summed E-state index contributed by atoms with van der Waals surface area (Å²) in [5, 5.41) is 8.17. The lowest BCUT2D eigenvalue weighted by atomic mass is 9.91. The minimum atomic E-state index is -0.136. The van der Waals surface area contributed by atoms with E-state index >= 15 is 0 Å². The fourth-order valence-corrected chi connectivity index (χ4v) is 2.83. The molecule has 0 fully saturated rings. The molecule has 0 atom stereocenters. The summed E-state index contributed by atoms with van der Waals surface area (Å²) in [5.74, 6) is -0.136. The Balaban J connectivity index is 1.95. The molecule has 5 heteroatoms. The molecule has 0 saturated carbocycles. The maximum atomic E-state index is 12.1. The normalized spacial score (nSPS) is 11.2. The molecule has 21 heavy (non-hydrogen) atoms. The van der Waals surface area contributed by atoms with Crippen LogP contribution in [0.25, 0.3) is 0 Å². The summed E-state index contributed by atoms with van der Waals surface area (Å²) in [4.78, 5) is 17.6. The second-order valence-electron chi connectivity index (χ2n) is 5.51. The first kappa shape index (κ1) is 15.5. The SMILES string of the molecule is CCNc1ccc(C(=O)NCC(C)(C)c2cccs2)nc1. The van der Waals surface area contributed by atoms with E-state index in [1.54, 1.807) is 23.6 Å². The van der Waals surface area contributed by atoms with Crippen molar-refractivity contribution in [3.63, 3.8) is 0 Å². The summed E-state index contributed by atoms with van der Waals surface area (Å²) in [6.45, 7) is 7.69. The van der Waals surface area contributed by atoms with E-state index in [4.69, 9.17) is 0 Å². The van der Waals surface area contributed by atoms with E-state index in [-0.39, 0.29) is 11.3 Å². The van der Waals surface area contributed by atoms with E-state index in [1.165, 1.54) is 4.88 Å². The minimum Gasteiger partial charge on any atom is -0.384 e. The second-order valence-corrected chi connectivity index (χ2v) is 6.45. The van der Waals surface area contributed by atoms with Gasteiger partial charge in [-0.2, -0.15) is 0 Å². The summed E-state index contributed by atoms with van der Waals surface area (Å²) in [6, 6.07) is 7.74. The molecule has 0 spiro atoms. The number of rotatable bonds is 6. The Morgan fingerprint density at radius 3 is 2.71 bits per heavy atom. The van der Waals surface area contributed by atoms with Crippen LogP contribution in [0.15, 0.2) is 35.8 Å². The number of carbonyl (C=O) groups excluding carboxylic acids is 1. The number of pyridine rings is 1. The lowest BCUT2D eigenvalue weighted by Crippen LogP contribution is -2.36. The minimum absolute atomic E-state index is 0.0759. The van der Waals surface area contributed by atoms with Crippen LogP contribution < -0.4 is 10.6 Å². The van der Waals surface area contributed by atoms with Crippen LogP contribution in [-0.2, 0) is 5.41 Å². The van der Waals surface area contributed by atoms with Gasteiger partial charge in [-0.05, 0) is 30.5 Å². The Morgan fingerprint density at radius 2 is 2.14 bits per heavy atom. The van der Waals surface area contributed by atoms with Gasteiger partial charge in [0, 0.05) is 23.4 Å². The Morgan fingerprint density at radius 1 is 1.33 bits per heavy atom. The molecule has 0 unspecified atom stereocenters. The van der Waals surface area contributed by atoms with Gasteiger partial charge in [0.15, 0.2) is 0 Å². The molecule has 0 aromatic carbocycles. The molecule has 1 amide bonds. The van der Waals surface area contributed by atoms with Gasteiger partial charge in [-0.1, -0.05) is 19.9 Å². The predicted octanol–water partition coefficient (Wildman–Crippen LogP) is 3.28. The fourth-order valence-electron chi connectivity index (χ4n) is 1.98. The zero-order valence-electron chi connectivity index (χ0n) is 12.6. The highest BCUT2D eigenvalue weighted by molar-refractivity contribution is 7.10. The van der Waals surface area contributed by atoms with Crippen molar-refractivity contribution in [2.45, 2.75) is 26.2 Å². The summed E-state index contributed by atoms with van der Waals surface area (Å²) < 4.78 is 0. The van der Waals surface area contributed by atoms with Crippen LogP contribution in [0.4, 0.5) is 5.69 Å². The van der Waals surface area contributed by atoms with Gasteiger partial charge in [-0.3, -0.25) is 4.79 Å². The van der Waals surface area contributed by atoms with Crippen molar-refractivity contribution >= 4 is 22.9 Å². The number of carbonyl (C=O) groups is 1. The van der Waals surface area contributed by atoms with E-state index in [0.29, 0.717) is 12.2 Å². The van der Waals surface area contributed by atoms with Crippen LogP contribution in [-0.4, -0.2) is 24.0 Å². The lowest BCUT2D eigenvalue weighted by Gasteiger charge is -2.23. The molecule has 2 N–H and O–H groups in total. The lowest BCUT2D eigenvalue weighted by molar-refractivity contribution is 0.0941. The van der Waals surface area contributed by atoms with Crippen LogP contribution in [0.2, 0.25) is 0 Å². The Bertz CT molecular complexity index is 576. The largest absolute Gasteiger partial charge is 0.384 e. The first-order valence-corrected chi connectivity index (χ1v) is 7.93. The highest BCUT2D eigenvalue weighted by Crippen LogP contribution is 2.26. The molecule has 0 aliphatic carbocycles. The van der Waals surface area contributed by atoms with Crippen molar-refractivity contribution in [2.24, 2.45) is 0 Å². The van der Waals surface area contributed by atoms with Crippen molar-refractivity contribution in [1.29, 1.82) is 0 Å². The quantitative estimate of drug-likeness (QED) is 0.861. The van der Waals surface area contributed by atoms with E-state index < -0.39 is 0 Å². The van der Waals surface area contributed by atoms with Crippen molar-refractivity contribution < 1.29 is 4.79 Å².